The number of allylic oxidation sites excluding steroid dienone is 2. The van der Waals surface area contributed by atoms with Gasteiger partial charge in [-0.2, -0.15) is 0 Å². The van der Waals surface area contributed by atoms with Crippen LogP contribution >= 0.6 is 0 Å². The lowest BCUT2D eigenvalue weighted by Gasteiger charge is -2.39. The highest BCUT2D eigenvalue weighted by Crippen LogP contribution is 2.30. The first-order valence-corrected chi connectivity index (χ1v) is 5.54. The van der Waals surface area contributed by atoms with E-state index in [9.17, 15) is 0 Å². The molecule has 74 valence electrons. The summed E-state index contributed by atoms with van der Waals surface area (Å²) >= 11 is 0. The summed E-state index contributed by atoms with van der Waals surface area (Å²) in [5, 5.41) is 3.55. The van der Waals surface area contributed by atoms with Gasteiger partial charge in [-0.25, -0.2) is 0 Å². The van der Waals surface area contributed by atoms with Gasteiger partial charge in [-0.1, -0.05) is 6.92 Å². The normalized spacial score (nSPS) is 28.5. The van der Waals surface area contributed by atoms with E-state index in [0.29, 0.717) is 0 Å². The molecule has 13 heavy (non-hydrogen) atoms. The molecule has 0 amide bonds. The summed E-state index contributed by atoms with van der Waals surface area (Å²) in [4.78, 5) is 2.55. The summed E-state index contributed by atoms with van der Waals surface area (Å²) in [5.41, 5.74) is 3.15. The second kappa shape index (κ2) is 3.60. The Morgan fingerprint density at radius 1 is 1.54 bits per heavy atom. The Balaban J connectivity index is 2.25. The van der Waals surface area contributed by atoms with Crippen molar-refractivity contribution in [2.45, 2.75) is 33.1 Å². The third-order valence-corrected chi connectivity index (χ3v) is 3.27. The first-order chi connectivity index (χ1) is 6.33. The lowest BCUT2D eigenvalue weighted by Crippen LogP contribution is -2.39. The largest absolute Gasteiger partial charge is 0.387 e. The molecule has 2 nitrogen and oxygen atoms in total. The average Bonchev–Trinajstić information content (AvgIpc) is 2.17. The average molecular weight is 180 g/mol. The maximum Gasteiger partial charge on any atom is 0.0354 e. The molecule has 0 spiro atoms. The monoisotopic (exact) mass is 180 g/mol. The van der Waals surface area contributed by atoms with Crippen LogP contribution in [0.15, 0.2) is 11.4 Å². The van der Waals surface area contributed by atoms with Gasteiger partial charge in [-0.05, 0) is 32.1 Å². The minimum atomic E-state index is 0.775. The number of hydrogen-bond donors (Lipinski definition) is 1. The van der Waals surface area contributed by atoms with Gasteiger partial charge in [0, 0.05) is 31.0 Å². The molecule has 0 aromatic rings. The molecule has 2 heteroatoms. The fraction of sp³-hybridized carbons (Fsp3) is 0.818. The van der Waals surface area contributed by atoms with Gasteiger partial charge in [-0.15, -0.1) is 0 Å². The molecule has 0 saturated heterocycles. The third-order valence-electron chi connectivity index (χ3n) is 3.27. The molecule has 2 aliphatic rings. The number of rotatable bonds is 1. The fourth-order valence-electron chi connectivity index (χ4n) is 2.58. The predicted molar refractivity (Wildman–Crippen MR) is 55.3 cm³/mol. The van der Waals surface area contributed by atoms with Crippen LogP contribution in [0.4, 0.5) is 0 Å². The summed E-state index contributed by atoms with van der Waals surface area (Å²) < 4.78 is 0. The van der Waals surface area contributed by atoms with Crippen molar-refractivity contribution in [2.24, 2.45) is 5.92 Å². The van der Waals surface area contributed by atoms with E-state index in [1.807, 2.05) is 0 Å². The van der Waals surface area contributed by atoms with Gasteiger partial charge >= 0.3 is 0 Å². The quantitative estimate of drug-likeness (QED) is 0.663. The van der Waals surface area contributed by atoms with Gasteiger partial charge in [0.1, 0.15) is 0 Å². The minimum absolute atomic E-state index is 0.775. The van der Waals surface area contributed by atoms with E-state index in [4.69, 9.17) is 0 Å². The van der Waals surface area contributed by atoms with Crippen LogP contribution in [-0.2, 0) is 0 Å². The summed E-state index contributed by atoms with van der Waals surface area (Å²) in [6.07, 6.45) is 3.90. The van der Waals surface area contributed by atoms with E-state index in [1.54, 1.807) is 5.70 Å². The first-order valence-electron chi connectivity index (χ1n) is 5.54. The van der Waals surface area contributed by atoms with Crippen molar-refractivity contribution in [1.29, 1.82) is 0 Å². The van der Waals surface area contributed by atoms with E-state index >= 15 is 0 Å². The van der Waals surface area contributed by atoms with Crippen LogP contribution in [-0.4, -0.2) is 24.5 Å². The van der Waals surface area contributed by atoms with Crippen molar-refractivity contribution in [2.75, 3.05) is 19.6 Å². The summed E-state index contributed by atoms with van der Waals surface area (Å²) in [7, 11) is 0. The smallest absolute Gasteiger partial charge is 0.0354 e. The Bertz CT molecular complexity index is 216. The predicted octanol–water partition coefficient (Wildman–Crippen LogP) is 1.94. The van der Waals surface area contributed by atoms with E-state index in [1.165, 1.54) is 44.6 Å². The number of nitrogens with zero attached hydrogens (tertiary/aromatic N) is 1. The molecule has 0 bridgehead atoms. The Labute approximate surface area is 81.0 Å². The van der Waals surface area contributed by atoms with Crippen molar-refractivity contribution in [3.8, 4) is 0 Å². The highest BCUT2D eigenvalue weighted by Gasteiger charge is 2.25. The first kappa shape index (κ1) is 8.92. The van der Waals surface area contributed by atoms with E-state index in [2.05, 4.69) is 24.1 Å². The maximum atomic E-state index is 3.55. The zero-order chi connectivity index (χ0) is 9.26. The highest BCUT2D eigenvalue weighted by atomic mass is 15.2. The molecular formula is C11H20N2. The molecule has 2 heterocycles. The van der Waals surface area contributed by atoms with Crippen LogP contribution in [0, 0.1) is 5.92 Å². The Kier molecular flexibility index (Phi) is 2.47. The summed E-state index contributed by atoms with van der Waals surface area (Å²) in [6, 6.07) is 0. The highest BCUT2D eigenvalue weighted by molar-refractivity contribution is 5.19. The third kappa shape index (κ3) is 1.54. The van der Waals surface area contributed by atoms with Crippen LogP contribution in [0.3, 0.4) is 0 Å². The Hall–Kier alpha value is -0.660. The molecule has 0 saturated carbocycles. The molecule has 1 unspecified atom stereocenters. The zero-order valence-corrected chi connectivity index (χ0v) is 8.77. The van der Waals surface area contributed by atoms with Gasteiger partial charge < -0.3 is 10.2 Å². The molecule has 0 radical (unpaired) electrons. The van der Waals surface area contributed by atoms with Gasteiger partial charge in [-0.3, -0.25) is 0 Å². The van der Waals surface area contributed by atoms with Crippen LogP contribution in [0.25, 0.3) is 0 Å². The fourth-order valence-corrected chi connectivity index (χ4v) is 2.58. The van der Waals surface area contributed by atoms with Crippen LogP contribution in [0.5, 0.6) is 0 Å². The Morgan fingerprint density at radius 2 is 2.38 bits per heavy atom. The maximum absolute atomic E-state index is 3.55. The topological polar surface area (TPSA) is 15.3 Å². The molecule has 0 aliphatic carbocycles. The summed E-state index contributed by atoms with van der Waals surface area (Å²) in [6.45, 7) is 8.24. The van der Waals surface area contributed by atoms with E-state index < -0.39 is 0 Å². The molecule has 0 aromatic heterocycles. The molecule has 1 atom stereocenters. The molecule has 2 rings (SSSR count). The number of nitrogens with one attached hydrogen (secondary N) is 1. The van der Waals surface area contributed by atoms with Gasteiger partial charge in [0.05, 0.1) is 0 Å². The standard InChI is InChI=1S/C11H20N2/c1-3-13-8-4-5-10-11(13)9(2)6-7-12-10/h9,12H,3-8H2,1-2H3. The Morgan fingerprint density at radius 3 is 3.15 bits per heavy atom. The molecule has 2 aliphatic heterocycles. The van der Waals surface area contributed by atoms with Crippen LogP contribution in [0.2, 0.25) is 0 Å². The SMILES string of the molecule is CCN1CCCC2=C1C(C)CCN2. The zero-order valence-electron chi connectivity index (χ0n) is 8.77. The van der Waals surface area contributed by atoms with Gasteiger partial charge in [0.25, 0.3) is 0 Å². The van der Waals surface area contributed by atoms with Crippen molar-refractivity contribution >= 4 is 0 Å². The minimum Gasteiger partial charge on any atom is -0.387 e. The summed E-state index contributed by atoms with van der Waals surface area (Å²) in [5.74, 6) is 0.775. The van der Waals surface area contributed by atoms with E-state index in [-0.39, 0.29) is 0 Å². The van der Waals surface area contributed by atoms with Crippen LogP contribution in [0.1, 0.15) is 33.1 Å². The molecule has 0 fully saturated rings. The second-order valence-electron chi connectivity index (χ2n) is 4.16. The van der Waals surface area contributed by atoms with Gasteiger partial charge in [0.15, 0.2) is 0 Å². The van der Waals surface area contributed by atoms with Gasteiger partial charge in [0.2, 0.25) is 0 Å². The molecule has 0 aromatic carbocycles. The van der Waals surface area contributed by atoms with Crippen molar-refractivity contribution in [3.05, 3.63) is 11.4 Å². The van der Waals surface area contributed by atoms with Crippen molar-refractivity contribution < 1.29 is 0 Å². The number of hydrogen-bond acceptors (Lipinski definition) is 2. The molecular weight excluding hydrogens is 160 g/mol. The lowest BCUT2D eigenvalue weighted by molar-refractivity contribution is 0.267. The lowest BCUT2D eigenvalue weighted by atomic mass is 9.92. The van der Waals surface area contributed by atoms with E-state index in [0.717, 1.165) is 5.92 Å². The van der Waals surface area contributed by atoms with Crippen LogP contribution < -0.4 is 5.32 Å². The second-order valence-corrected chi connectivity index (χ2v) is 4.16. The van der Waals surface area contributed by atoms with Crippen molar-refractivity contribution in [3.63, 3.8) is 0 Å². The molecule has 1 N–H and O–H groups in total. The van der Waals surface area contributed by atoms with Crippen molar-refractivity contribution in [1.82, 2.24) is 10.2 Å².